The number of fused-ring (bicyclic) bond motifs is 1. The fraction of sp³-hybridized carbons (Fsp3) is 0.400. The second kappa shape index (κ2) is 4.56. The molecule has 11 heteroatoms. The van der Waals surface area contributed by atoms with E-state index in [-0.39, 0.29) is 17.0 Å². The van der Waals surface area contributed by atoms with Gasteiger partial charge in [-0.3, -0.25) is 4.57 Å². The highest BCUT2D eigenvalue weighted by molar-refractivity contribution is 5.81. The number of carboxylic acids is 1. The third-order valence-corrected chi connectivity index (χ3v) is 3.13. The molecule has 4 N–H and O–H groups in total. The zero-order chi connectivity index (χ0) is 15.3. The number of halogens is 2. The summed E-state index contributed by atoms with van der Waals surface area (Å²) < 4.78 is 33.1. The molecule has 0 aromatic carbocycles. The number of aromatic nitrogens is 4. The van der Waals surface area contributed by atoms with Crippen LogP contribution in [-0.2, 0) is 9.53 Å². The van der Waals surface area contributed by atoms with Crippen molar-refractivity contribution < 1.29 is 28.5 Å². The highest BCUT2D eigenvalue weighted by atomic mass is 19.1. The molecule has 2 aromatic rings. The molecule has 0 bridgehead atoms. The predicted octanol–water partition coefficient (Wildman–Crippen LogP) is -0.771. The smallest absolute Gasteiger partial charge is 0.335 e. The molecule has 1 aliphatic rings. The average Bonchev–Trinajstić information content (AvgIpc) is 2.93. The van der Waals surface area contributed by atoms with Gasteiger partial charge in [0.25, 0.3) is 0 Å². The van der Waals surface area contributed by atoms with E-state index in [9.17, 15) is 18.7 Å². The number of aliphatic hydroxyl groups excluding tert-OH is 1. The minimum absolute atomic E-state index is 0.0143. The molecule has 3 heterocycles. The number of anilines is 1. The Morgan fingerprint density at radius 1 is 1.48 bits per heavy atom. The van der Waals surface area contributed by atoms with E-state index in [0.717, 1.165) is 10.9 Å². The van der Waals surface area contributed by atoms with E-state index in [1.807, 2.05) is 0 Å². The maximum atomic E-state index is 14.0. The highest BCUT2D eigenvalue weighted by Crippen LogP contribution is 2.34. The molecular weight excluding hydrogens is 292 g/mol. The van der Waals surface area contributed by atoms with Gasteiger partial charge in [-0.2, -0.15) is 14.4 Å². The number of aliphatic carboxylic acids is 1. The Bertz CT molecular complexity index is 723. The Hall–Kier alpha value is -2.40. The summed E-state index contributed by atoms with van der Waals surface area (Å²) >= 11 is 0. The molecule has 0 aliphatic carbocycles. The molecule has 4 atom stereocenters. The summed E-state index contributed by atoms with van der Waals surface area (Å²) in [5, 5.41) is 18.4. The molecule has 0 saturated carbocycles. The Labute approximate surface area is 115 Å². The minimum atomic E-state index is -2.05. The van der Waals surface area contributed by atoms with Crippen molar-refractivity contribution in [3.8, 4) is 0 Å². The van der Waals surface area contributed by atoms with Crippen LogP contribution in [0, 0.1) is 6.08 Å². The van der Waals surface area contributed by atoms with Crippen molar-refractivity contribution >= 4 is 23.0 Å². The first kappa shape index (κ1) is 13.6. The number of carbonyl (C=O) groups is 1. The number of hydrogen-bond acceptors (Lipinski definition) is 7. The summed E-state index contributed by atoms with van der Waals surface area (Å²) in [5.41, 5.74) is 5.31. The quantitative estimate of drug-likeness (QED) is 0.615. The van der Waals surface area contributed by atoms with Crippen LogP contribution in [-0.4, -0.2) is 54.1 Å². The Kier molecular flexibility index (Phi) is 2.95. The summed E-state index contributed by atoms with van der Waals surface area (Å²) in [7, 11) is 0. The van der Waals surface area contributed by atoms with Crippen molar-refractivity contribution in [3.05, 3.63) is 12.4 Å². The van der Waals surface area contributed by atoms with Crippen molar-refractivity contribution in [2.45, 2.75) is 24.6 Å². The van der Waals surface area contributed by atoms with Crippen LogP contribution in [0.3, 0.4) is 0 Å². The van der Waals surface area contributed by atoms with Crippen molar-refractivity contribution in [2.24, 2.45) is 0 Å². The molecule has 1 aliphatic heterocycles. The van der Waals surface area contributed by atoms with Crippen molar-refractivity contribution in [1.29, 1.82) is 0 Å². The Morgan fingerprint density at radius 2 is 2.19 bits per heavy atom. The lowest BCUT2D eigenvalue weighted by molar-refractivity contribution is -0.155. The number of ether oxygens (including phenoxy) is 1. The number of nitrogens with zero attached hydrogens (tertiary/aromatic N) is 4. The maximum absolute atomic E-state index is 14.0. The summed E-state index contributed by atoms with van der Waals surface area (Å²) in [6.45, 7) is 0. The van der Waals surface area contributed by atoms with E-state index in [4.69, 9.17) is 15.6 Å². The second-order valence-electron chi connectivity index (χ2n) is 4.42. The first-order valence-electron chi connectivity index (χ1n) is 5.76. The molecule has 1 saturated heterocycles. The number of carboxylic acid groups (broad SMARTS) is 1. The molecule has 9 nitrogen and oxygen atoms in total. The summed E-state index contributed by atoms with van der Waals surface area (Å²) in [4.78, 5) is 21.4. The van der Waals surface area contributed by atoms with Gasteiger partial charge in [0, 0.05) is 0 Å². The SMILES string of the molecule is Nc1nc(F)nc2c1ncn2[C@@H]1O[C@H](C(=O)O)[C@@H](O)[C@@H]1F. The Morgan fingerprint density at radius 3 is 2.81 bits per heavy atom. The van der Waals surface area contributed by atoms with Crippen LogP contribution in [0.5, 0.6) is 0 Å². The molecule has 2 aromatic heterocycles. The molecule has 21 heavy (non-hydrogen) atoms. The van der Waals surface area contributed by atoms with Gasteiger partial charge in [-0.05, 0) is 0 Å². The van der Waals surface area contributed by atoms with Gasteiger partial charge in [0.15, 0.2) is 35.5 Å². The normalized spacial score (nSPS) is 29.1. The third-order valence-electron chi connectivity index (χ3n) is 3.13. The average molecular weight is 301 g/mol. The lowest BCUT2D eigenvalue weighted by atomic mass is 10.1. The van der Waals surface area contributed by atoms with E-state index >= 15 is 0 Å². The summed E-state index contributed by atoms with van der Waals surface area (Å²) in [5.74, 6) is -1.77. The fourth-order valence-corrected chi connectivity index (χ4v) is 2.16. The van der Waals surface area contributed by atoms with E-state index in [0.29, 0.717) is 0 Å². The fourth-order valence-electron chi connectivity index (χ4n) is 2.16. The molecule has 3 rings (SSSR count). The van der Waals surface area contributed by atoms with Crippen LogP contribution in [0.2, 0.25) is 0 Å². The van der Waals surface area contributed by atoms with Gasteiger partial charge in [0.05, 0.1) is 6.33 Å². The van der Waals surface area contributed by atoms with Crippen molar-refractivity contribution in [2.75, 3.05) is 5.73 Å². The topological polar surface area (TPSA) is 136 Å². The maximum Gasteiger partial charge on any atom is 0.335 e. The van der Waals surface area contributed by atoms with Gasteiger partial charge in [-0.15, -0.1) is 0 Å². The molecule has 112 valence electrons. The van der Waals surface area contributed by atoms with Gasteiger partial charge >= 0.3 is 12.0 Å². The van der Waals surface area contributed by atoms with E-state index in [2.05, 4.69) is 15.0 Å². The van der Waals surface area contributed by atoms with E-state index < -0.39 is 36.7 Å². The molecular formula is C10H9F2N5O4. The number of nitrogens with two attached hydrogens (primary N) is 1. The van der Waals surface area contributed by atoms with Gasteiger partial charge in [-0.1, -0.05) is 0 Å². The van der Waals surface area contributed by atoms with Crippen LogP contribution < -0.4 is 5.73 Å². The molecule has 0 radical (unpaired) electrons. The number of nitrogen functional groups attached to an aromatic ring is 1. The first-order valence-corrected chi connectivity index (χ1v) is 5.76. The zero-order valence-corrected chi connectivity index (χ0v) is 10.2. The van der Waals surface area contributed by atoms with Crippen LogP contribution >= 0.6 is 0 Å². The summed E-state index contributed by atoms with van der Waals surface area (Å²) in [6, 6.07) is 0. The summed E-state index contributed by atoms with van der Waals surface area (Å²) in [6.07, 6.45) is -7.27. The van der Waals surface area contributed by atoms with Gasteiger partial charge in [-0.25, -0.2) is 14.2 Å². The van der Waals surface area contributed by atoms with Gasteiger partial charge in [0.1, 0.15) is 6.10 Å². The molecule has 0 amide bonds. The van der Waals surface area contributed by atoms with Crippen molar-refractivity contribution in [1.82, 2.24) is 19.5 Å². The van der Waals surface area contributed by atoms with Gasteiger partial charge in [0.2, 0.25) is 0 Å². The van der Waals surface area contributed by atoms with Crippen LogP contribution in [0.25, 0.3) is 11.2 Å². The Balaban J connectivity index is 2.07. The number of imidazole rings is 1. The predicted molar refractivity (Wildman–Crippen MR) is 62.1 cm³/mol. The van der Waals surface area contributed by atoms with Crippen LogP contribution in [0.1, 0.15) is 6.23 Å². The van der Waals surface area contributed by atoms with Crippen molar-refractivity contribution in [3.63, 3.8) is 0 Å². The van der Waals surface area contributed by atoms with Crippen LogP contribution in [0.4, 0.5) is 14.6 Å². The lowest BCUT2D eigenvalue weighted by Crippen LogP contribution is -2.34. The number of rotatable bonds is 2. The number of aliphatic hydroxyl groups is 1. The van der Waals surface area contributed by atoms with Crippen LogP contribution in [0.15, 0.2) is 6.33 Å². The largest absolute Gasteiger partial charge is 0.479 e. The number of alkyl halides is 1. The highest BCUT2D eigenvalue weighted by Gasteiger charge is 2.49. The second-order valence-corrected chi connectivity index (χ2v) is 4.42. The lowest BCUT2D eigenvalue weighted by Gasteiger charge is -2.14. The monoisotopic (exact) mass is 301 g/mol. The third kappa shape index (κ3) is 1.97. The van der Waals surface area contributed by atoms with E-state index in [1.54, 1.807) is 0 Å². The van der Waals surface area contributed by atoms with E-state index in [1.165, 1.54) is 0 Å². The zero-order valence-electron chi connectivity index (χ0n) is 10.2. The molecule has 1 fully saturated rings. The number of hydrogen-bond donors (Lipinski definition) is 3. The standard InChI is InChI=1S/C10H9F2N5O4/c11-2-4(18)5(9(19)20)21-8(2)17-1-14-3-6(13)15-10(12)16-7(3)17/h1-2,4-5,8,18H,(H,19,20)(H2,13,15,16)/t2-,4-,5-,8+/m0/s1. The molecule has 0 spiro atoms. The minimum Gasteiger partial charge on any atom is -0.479 e. The molecule has 0 unspecified atom stereocenters. The first-order chi connectivity index (χ1) is 9.90. The van der Waals surface area contributed by atoms with Gasteiger partial charge < -0.3 is 20.7 Å².